The van der Waals surface area contributed by atoms with Crippen LogP contribution in [0.2, 0.25) is 0 Å². The second kappa shape index (κ2) is 6.44. The first kappa shape index (κ1) is 13.0. The van der Waals surface area contributed by atoms with Gasteiger partial charge in [0.1, 0.15) is 0 Å². The fourth-order valence-electron chi connectivity index (χ4n) is 2.18. The normalized spacial score (nSPS) is 18.7. The molecular weight excluding hydrogens is 234 g/mol. The molecular formula is C12H21N3OS. The summed E-state index contributed by atoms with van der Waals surface area (Å²) in [5, 5.41) is 14.3. The van der Waals surface area contributed by atoms with E-state index in [9.17, 15) is 5.11 Å². The van der Waals surface area contributed by atoms with Crippen LogP contribution < -0.4 is 5.32 Å². The SMILES string of the molecule is Cc1ncc(CNCC(O)CN2CCCC2)s1. The number of β-amino-alcohol motifs (C(OH)–C–C–N with tert-alkyl or cyclic N) is 1. The highest BCUT2D eigenvalue weighted by molar-refractivity contribution is 7.11. The molecule has 0 bridgehead atoms. The molecule has 0 aliphatic carbocycles. The molecule has 1 aliphatic heterocycles. The topological polar surface area (TPSA) is 48.4 Å². The van der Waals surface area contributed by atoms with E-state index in [2.05, 4.69) is 15.2 Å². The van der Waals surface area contributed by atoms with E-state index in [-0.39, 0.29) is 6.10 Å². The number of aromatic nitrogens is 1. The molecule has 1 atom stereocenters. The second-order valence-electron chi connectivity index (χ2n) is 4.64. The van der Waals surface area contributed by atoms with Gasteiger partial charge in [-0.2, -0.15) is 0 Å². The van der Waals surface area contributed by atoms with E-state index >= 15 is 0 Å². The van der Waals surface area contributed by atoms with Crippen LogP contribution in [0, 0.1) is 6.92 Å². The first-order valence-electron chi connectivity index (χ1n) is 6.26. The summed E-state index contributed by atoms with van der Waals surface area (Å²) in [6.07, 6.45) is 4.20. The van der Waals surface area contributed by atoms with E-state index in [1.165, 1.54) is 17.7 Å². The number of nitrogens with one attached hydrogen (secondary N) is 1. The van der Waals surface area contributed by atoms with Crippen molar-refractivity contribution >= 4 is 11.3 Å². The molecule has 0 saturated carbocycles. The lowest BCUT2D eigenvalue weighted by molar-refractivity contribution is 0.123. The van der Waals surface area contributed by atoms with Gasteiger partial charge in [0.15, 0.2) is 0 Å². The first-order chi connectivity index (χ1) is 8.24. The third kappa shape index (κ3) is 4.35. The van der Waals surface area contributed by atoms with Crippen molar-refractivity contribution in [3.63, 3.8) is 0 Å². The zero-order valence-electron chi connectivity index (χ0n) is 10.4. The van der Waals surface area contributed by atoms with Gasteiger partial charge in [0.05, 0.1) is 11.1 Å². The van der Waals surface area contributed by atoms with Gasteiger partial charge in [0, 0.05) is 30.7 Å². The highest BCUT2D eigenvalue weighted by atomic mass is 32.1. The molecule has 1 unspecified atom stereocenters. The van der Waals surface area contributed by atoms with Crippen LogP contribution in [0.15, 0.2) is 6.20 Å². The lowest BCUT2D eigenvalue weighted by Gasteiger charge is -2.19. The molecule has 1 aromatic heterocycles. The minimum absolute atomic E-state index is 0.262. The molecule has 5 heteroatoms. The fourth-order valence-corrected chi connectivity index (χ4v) is 2.94. The van der Waals surface area contributed by atoms with Gasteiger partial charge < -0.3 is 15.3 Å². The molecule has 1 fully saturated rings. The van der Waals surface area contributed by atoms with Crippen molar-refractivity contribution < 1.29 is 5.11 Å². The average molecular weight is 255 g/mol. The monoisotopic (exact) mass is 255 g/mol. The molecule has 0 radical (unpaired) electrons. The summed E-state index contributed by atoms with van der Waals surface area (Å²) in [7, 11) is 0. The van der Waals surface area contributed by atoms with Gasteiger partial charge in [-0.15, -0.1) is 11.3 Å². The van der Waals surface area contributed by atoms with Crippen LogP contribution in [0.5, 0.6) is 0 Å². The Labute approximate surface area is 107 Å². The number of hydrogen-bond acceptors (Lipinski definition) is 5. The van der Waals surface area contributed by atoms with Crippen molar-refractivity contribution in [3.8, 4) is 0 Å². The van der Waals surface area contributed by atoms with Gasteiger partial charge in [-0.25, -0.2) is 4.98 Å². The number of nitrogens with zero attached hydrogens (tertiary/aromatic N) is 2. The Balaban J connectivity index is 1.60. The van der Waals surface area contributed by atoms with Crippen molar-refractivity contribution in [1.29, 1.82) is 0 Å². The largest absolute Gasteiger partial charge is 0.390 e. The Morgan fingerprint density at radius 1 is 1.53 bits per heavy atom. The molecule has 96 valence electrons. The van der Waals surface area contributed by atoms with Gasteiger partial charge in [0.2, 0.25) is 0 Å². The molecule has 0 amide bonds. The van der Waals surface area contributed by atoms with E-state index in [1.807, 2.05) is 13.1 Å². The third-order valence-electron chi connectivity index (χ3n) is 3.02. The van der Waals surface area contributed by atoms with Crippen molar-refractivity contribution in [3.05, 3.63) is 16.1 Å². The Hall–Kier alpha value is -0.490. The maximum absolute atomic E-state index is 9.88. The summed E-state index contributed by atoms with van der Waals surface area (Å²) in [6, 6.07) is 0. The van der Waals surface area contributed by atoms with E-state index in [4.69, 9.17) is 0 Å². The summed E-state index contributed by atoms with van der Waals surface area (Å²) in [5.41, 5.74) is 0. The number of hydrogen-bond donors (Lipinski definition) is 2. The van der Waals surface area contributed by atoms with E-state index < -0.39 is 0 Å². The van der Waals surface area contributed by atoms with E-state index in [0.717, 1.165) is 31.2 Å². The molecule has 0 aromatic carbocycles. The Kier molecular flexibility index (Phi) is 4.91. The Bertz CT molecular complexity index is 336. The molecule has 1 aromatic rings. The summed E-state index contributed by atoms with van der Waals surface area (Å²) < 4.78 is 0. The lowest BCUT2D eigenvalue weighted by atomic mass is 10.3. The summed E-state index contributed by atoms with van der Waals surface area (Å²) in [6.45, 7) is 6.57. The Morgan fingerprint density at radius 2 is 2.29 bits per heavy atom. The minimum Gasteiger partial charge on any atom is -0.390 e. The zero-order valence-corrected chi connectivity index (χ0v) is 11.2. The molecule has 4 nitrogen and oxygen atoms in total. The number of aryl methyl sites for hydroxylation is 1. The minimum atomic E-state index is -0.262. The van der Waals surface area contributed by atoms with Crippen LogP contribution in [-0.4, -0.2) is 47.3 Å². The van der Waals surface area contributed by atoms with Crippen LogP contribution in [-0.2, 0) is 6.54 Å². The smallest absolute Gasteiger partial charge is 0.0897 e. The predicted molar refractivity (Wildman–Crippen MR) is 70.2 cm³/mol. The highest BCUT2D eigenvalue weighted by Crippen LogP contribution is 2.11. The quantitative estimate of drug-likeness (QED) is 0.796. The van der Waals surface area contributed by atoms with Gasteiger partial charge in [-0.3, -0.25) is 0 Å². The van der Waals surface area contributed by atoms with Gasteiger partial charge in [0.25, 0.3) is 0 Å². The molecule has 1 aliphatic rings. The van der Waals surface area contributed by atoms with Crippen LogP contribution in [0.1, 0.15) is 22.7 Å². The van der Waals surface area contributed by atoms with Crippen molar-refractivity contribution in [2.75, 3.05) is 26.2 Å². The van der Waals surface area contributed by atoms with Crippen LogP contribution in [0.4, 0.5) is 0 Å². The highest BCUT2D eigenvalue weighted by Gasteiger charge is 2.15. The summed E-state index contributed by atoms with van der Waals surface area (Å²) in [4.78, 5) is 7.77. The van der Waals surface area contributed by atoms with Gasteiger partial charge in [-0.05, 0) is 32.9 Å². The van der Waals surface area contributed by atoms with Crippen LogP contribution in [0.3, 0.4) is 0 Å². The molecule has 0 spiro atoms. The maximum Gasteiger partial charge on any atom is 0.0897 e. The van der Waals surface area contributed by atoms with Crippen LogP contribution in [0.25, 0.3) is 0 Å². The van der Waals surface area contributed by atoms with Gasteiger partial charge in [-0.1, -0.05) is 0 Å². The zero-order chi connectivity index (χ0) is 12.1. The van der Waals surface area contributed by atoms with Crippen molar-refractivity contribution in [2.45, 2.75) is 32.4 Å². The standard InChI is InChI=1S/C12H21N3OS/c1-10-14-8-12(17-10)7-13-6-11(16)9-15-4-2-3-5-15/h8,11,13,16H,2-7,9H2,1H3. The third-order valence-corrected chi connectivity index (χ3v) is 3.93. The molecule has 2 heterocycles. The molecule has 2 N–H and O–H groups in total. The van der Waals surface area contributed by atoms with Crippen molar-refractivity contribution in [1.82, 2.24) is 15.2 Å². The average Bonchev–Trinajstić information content (AvgIpc) is 2.90. The molecule has 2 rings (SSSR count). The number of rotatable bonds is 6. The second-order valence-corrected chi connectivity index (χ2v) is 5.96. The predicted octanol–water partition coefficient (Wildman–Crippen LogP) is 0.998. The van der Waals surface area contributed by atoms with E-state index in [1.54, 1.807) is 11.3 Å². The number of likely N-dealkylation sites (tertiary alicyclic amines) is 1. The number of aliphatic hydroxyl groups excluding tert-OH is 1. The fraction of sp³-hybridized carbons (Fsp3) is 0.750. The van der Waals surface area contributed by atoms with Crippen LogP contribution >= 0.6 is 11.3 Å². The number of thiazole rings is 1. The summed E-state index contributed by atoms with van der Waals surface area (Å²) >= 11 is 1.71. The molecule has 17 heavy (non-hydrogen) atoms. The summed E-state index contributed by atoms with van der Waals surface area (Å²) in [5.74, 6) is 0. The van der Waals surface area contributed by atoms with Gasteiger partial charge >= 0.3 is 0 Å². The Morgan fingerprint density at radius 3 is 2.94 bits per heavy atom. The molecule has 1 saturated heterocycles. The number of aliphatic hydroxyl groups is 1. The van der Waals surface area contributed by atoms with Crippen molar-refractivity contribution in [2.24, 2.45) is 0 Å². The maximum atomic E-state index is 9.88. The van der Waals surface area contributed by atoms with E-state index in [0.29, 0.717) is 6.54 Å². The lowest BCUT2D eigenvalue weighted by Crippen LogP contribution is -2.36. The first-order valence-corrected chi connectivity index (χ1v) is 7.08.